The molecule has 0 fully saturated rings. The Morgan fingerprint density at radius 2 is 1.76 bits per heavy atom. The van der Waals surface area contributed by atoms with E-state index < -0.39 is 0 Å². The minimum atomic E-state index is -0.0451. The van der Waals surface area contributed by atoms with Crippen LogP contribution in [0.3, 0.4) is 0 Å². The van der Waals surface area contributed by atoms with Gasteiger partial charge in [0.05, 0.1) is 0 Å². The highest BCUT2D eigenvalue weighted by Gasteiger charge is 2.14. The van der Waals surface area contributed by atoms with Crippen molar-refractivity contribution in [1.82, 2.24) is 5.32 Å². The number of hydrogen-bond donors (Lipinski definition) is 1. The normalized spacial score (nSPS) is 11.9. The molecular weight excluding hydrogens is 264 g/mol. The first-order valence-electron chi connectivity index (χ1n) is 7.49. The van der Waals surface area contributed by atoms with Crippen molar-refractivity contribution in [3.05, 3.63) is 29.3 Å². The minimum absolute atomic E-state index is 0.0139. The van der Waals surface area contributed by atoms with Gasteiger partial charge in [0.15, 0.2) is 0 Å². The van der Waals surface area contributed by atoms with Crippen molar-refractivity contribution in [2.75, 3.05) is 11.4 Å². The highest BCUT2D eigenvalue weighted by atomic mass is 16.2. The summed E-state index contributed by atoms with van der Waals surface area (Å²) in [5.74, 6) is -0.0590. The summed E-state index contributed by atoms with van der Waals surface area (Å²) in [7, 11) is 0. The van der Waals surface area contributed by atoms with Gasteiger partial charge >= 0.3 is 0 Å². The molecule has 0 radical (unpaired) electrons. The van der Waals surface area contributed by atoms with E-state index >= 15 is 0 Å². The van der Waals surface area contributed by atoms with Crippen molar-refractivity contribution >= 4 is 17.5 Å². The monoisotopic (exact) mass is 290 g/mol. The van der Waals surface area contributed by atoms with Gasteiger partial charge in [-0.2, -0.15) is 0 Å². The van der Waals surface area contributed by atoms with Gasteiger partial charge in [0.25, 0.3) is 0 Å². The van der Waals surface area contributed by atoms with Crippen LogP contribution in [0.1, 0.15) is 44.7 Å². The molecule has 1 unspecified atom stereocenters. The molecule has 0 aliphatic heterocycles. The van der Waals surface area contributed by atoms with Gasteiger partial charge in [0.2, 0.25) is 11.8 Å². The summed E-state index contributed by atoms with van der Waals surface area (Å²) in [5.41, 5.74) is 3.08. The van der Waals surface area contributed by atoms with Crippen molar-refractivity contribution in [1.29, 1.82) is 0 Å². The zero-order chi connectivity index (χ0) is 16.0. The fourth-order valence-corrected chi connectivity index (χ4v) is 2.24. The maximum atomic E-state index is 11.9. The zero-order valence-electron chi connectivity index (χ0n) is 13.7. The van der Waals surface area contributed by atoms with E-state index in [0.717, 1.165) is 23.2 Å². The molecule has 116 valence electrons. The lowest BCUT2D eigenvalue weighted by Crippen LogP contribution is -2.36. The van der Waals surface area contributed by atoms with Crippen LogP contribution in [0.25, 0.3) is 0 Å². The van der Waals surface area contributed by atoms with E-state index in [2.05, 4.69) is 11.4 Å². The van der Waals surface area contributed by atoms with Crippen molar-refractivity contribution in [3.63, 3.8) is 0 Å². The summed E-state index contributed by atoms with van der Waals surface area (Å²) in [5, 5.41) is 2.92. The summed E-state index contributed by atoms with van der Waals surface area (Å²) < 4.78 is 0. The Morgan fingerprint density at radius 1 is 1.19 bits per heavy atom. The van der Waals surface area contributed by atoms with E-state index in [1.54, 1.807) is 4.90 Å². The lowest BCUT2D eigenvalue weighted by atomic mass is 10.1. The maximum absolute atomic E-state index is 11.9. The molecule has 0 aromatic heterocycles. The number of hydrogen-bond acceptors (Lipinski definition) is 2. The SMILES string of the molecule is CCC(C)NC(=O)CCN(C(C)=O)c1cc(C)cc(C)c1. The molecule has 1 aromatic rings. The number of nitrogens with zero attached hydrogens (tertiary/aromatic N) is 1. The number of carbonyl (C=O) groups is 2. The highest BCUT2D eigenvalue weighted by Crippen LogP contribution is 2.19. The lowest BCUT2D eigenvalue weighted by molar-refractivity contribution is -0.121. The Morgan fingerprint density at radius 3 is 2.24 bits per heavy atom. The summed E-state index contributed by atoms with van der Waals surface area (Å²) in [6.07, 6.45) is 1.22. The van der Waals surface area contributed by atoms with Gasteiger partial charge in [0, 0.05) is 31.6 Å². The molecule has 0 bridgehead atoms. The van der Waals surface area contributed by atoms with E-state index in [-0.39, 0.29) is 17.9 Å². The third-order valence-electron chi connectivity index (χ3n) is 3.48. The molecule has 4 heteroatoms. The number of anilines is 1. The largest absolute Gasteiger partial charge is 0.354 e. The van der Waals surface area contributed by atoms with Crippen LogP contribution in [0.15, 0.2) is 18.2 Å². The number of amides is 2. The summed E-state index contributed by atoms with van der Waals surface area (Å²) in [6.45, 7) is 9.95. The molecule has 1 atom stereocenters. The van der Waals surface area contributed by atoms with Crippen LogP contribution in [0.2, 0.25) is 0 Å². The molecule has 4 nitrogen and oxygen atoms in total. The van der Waals surface area contributed by atoms with Gasteiger partial charge in [-0.15, -0.1) is 0 Å². The van der Waals surface area contributed by atoms with Gasteiger partial charge in [-0.3, -0.25) is 9.59 Å². The van der Waals surface area contributed by atoms with Crippen molar-refractivity contribution < 1.29 is 9.59 Å². The molecule has 21 heavy (non-hydrogen) atoms. The number of rotatable bonds is 6. The molecule has 0 heterocycles. The van der Waals surface area contributed by atoms with Crippen LogP contribution in [0.5, 0.6) is 0 Å². The second kappa shape index (κ2) is 7.81. The molecule has 1 N–H and O–H groups in total. The third kappa shape index (κ3) is 5.58. The van der Waals surface area contributed by atoms with Gasteiger partial charge in [0.1, 0.15) is 0 Å². The quantitative estimate of drug-likeness (QED) is 0.875. The molecule has 1 rings (SSSR count). The smallest absolute Gasteiger partial charge is 0.223 e. The number of benzene rings is 1. The molecule has 0 aliphatic rings. The molecule has 1 aromatic carbocycles. The highest BCUT2D eigenvalue weighted by molar-refractivity contribution is 5.92. The van der Waals surface area contributed by atoms with E-state index in [4.69, 9.17) is 0 Å². The molecule has 0 spiro atoms. The van der Waals surface area contributed by atoms with E-state index in [1.807, 2.05) is 39.8 Å². The first kappa shape index (κ1) is 17.2. The average molecular weight is 290 g/mol. The molecule has 0 saturated heterocycles. The fraction of sp³-hybridized carbons (Fsp3) is 0.529. The van der Waals surface area contributed by atoms with Crippen LogP contribution in [-0.4, -0.2) is 24.4 Å². The molecule has 0 aliphatic carbocycles. The predicted octanol–water partition coefficient (Wildman–Crippen LogP) is 2.96. The van der Waals surface area contributed by atoms with Crippen LogP contribution >= 0.6 is 0 Å². The Labute approximate surface area is 127 Å². The van der Waals surface area contributed by atoms with E-state index in [1.165, 1.54) is 6.92 Å². The number of carbonyl (C=O) groups excluding carboxylic acids is 2. The fourth-order valence-electron chi connectivity index (χ4n) is 2.24. The maximum Gasteiger partial charge on any atom is 0.223 e. The summed E-state index contributed by atoms with van der Waals surface area (Å²) in [4.78, 5) is 25.4. The van der Waals surface area contributed by atoms with Crippen LogP contribution in [0.4, 0.5) is 5.69 Å². The Balaban J connectivity index is 2.75. The Hall–Kier alpha value is -1.84. The topological polar surface area (TPSA) is 49.4 Å². The van der Waals surface area contributed by atoms with Gasteiger partial charge in [-0.25, -0.2) is 0 Å². The van der Waals surface area contributed by atoms with Crippen LogP contribution in [-0.2, 0) is 9.59 Å². The Bertz CT molecular complexity index is 491. The predicted molar refractivity (Wildman–Crippen MR) is 86.5 cm³/mol. The standard InChI is InChI=1S/C17H26N2O2/c1-6-14(4)18-17(21)7-8-19(15(5)20)16-10-12(2)9-13(3)11-16/h9-11,14H,6-8H2,1-5H3,(H,18,21). The first-order chi connectivity index (χ1) is 9.83. The van der Waals surface area contributed by atoms with E-state index in [0.29, 0.717) is 13.0 Å². The number of aryl methyl sites for hydroxylation is 2. The Kier molecular flexibility index (Phi) is 6.40. The third-order valence-corrected chi connectivity index (χ3v) is 3.48. The first-order valence-corrected chi connectivity index (χ1v) is 7.49. The average Bonchev–Trinajstić information content (AvgIpc) is 2.37. The van der Waals surface area contributed by atoms with Gasteiger partial charge in [-0.05, 0) is 50.5 Å². The van der Waals surface area contributed by atoms with Crippen molar-refractivity contribution in [2.45, 2.75) is 53.5 Å². The molecular formula is C17H26N2O2. The van der Waals surface area contributed by atoms with E-state index in [9.17, 15) is 9.59 Å². The molecule has 0 saturated carbocycles. The van der Waals surface area contributed by atoms with Gasteiger partial charge in [-0.1, -0.05) is 13.0 Å². The van der Waals surface area contributed by atoms with Crippen LogP contribution in [0, 0.1) is 13.8 Å². The summed E-state index contributed by atoms with van der Waals surface area (Å²) in [6, 6.07) is 6.18. The summed E-state index contributed by atoms with van der Waals surface area (Å²) >= 11 is 0. The zero-order valence-corrected chi connectivity index (χ0v) is 13.7. The number of nitrogens with one attached hydrogen (secondary N) is 1. The van der Waals surface area contributed by atoms with Crippen molar-refractivity contribution in [3.8, 4) is 0 Å². The second-order valence-corrected chi connectivity index (χ2v) is 5.64. The van der Waals surface area contributed by atoms with Gasteiger partial charge < -0.3 is 10.2 Å². The lowest BCUT2D eigenvalue weighted by Gasteiger charge is -2.22. The molecule has 2 amide bonds. The minimum Gasteiger partial charge on any atom is -0.354 e. The second-order valence-electron chi connectivity index (χ2n) is 5.64. The van der Waals surface area contributed by atoms with Crippen molar-refractivity contribution in [2.24, 2.45) is 0 Å². The van der Waals surface area contributed by atoms with Crippen LogP contribution < -0.4 is 10.2 Å².